The predicted molar refractivity (Wildman–Crippen MR) is 38.7 cm³/mol. The normalized spacial score (nSPS) is 10.3. The molecule has 0 amide bonds. The zero-order chi connectivity index (χ0) is 7.94. The van der Waals surface area contributed by atoms with Crippen molar-refractivity contribution in [2.24, 2.45) is 0 Å². The van der Waals surface area contributed by atoms with Gasteiger partial charge in [0.25, 0.3) is 0 Å². The molecular formula is C6H12N4O. The summed E-state index contributed by atoms with van der Waals surface area (Å²) in [4.78, 5) is 0. The fourth-order valence-electron chi connectivity index (χ4n) is 0.644. The molecule has 1 aromatic rings. The summed E-state index contributed by atoms with van der Waals surface area (Å²) >= 11 is 0. The van der Waals surface area contributed by atoms with Crippen LogP contribution in [0.5, 0.6) is 0 Å². The lowest BCUT2D eigenvalue weighted by molar-refractivity contribution is 0.0655. The minimum atomic E-state index is 0.451. The summed E-state index contributed by atoms with van der Waals surface area (Å²) in [6.07, 6.45) is 3.77. The first-order chi connectivity index (χ1) is 5.43. The summed E-state index contributed by atoms with van der Waals surface area (Å²) in [6, 6.07) is 0. The summed E-state index contributed by atoms with van der Waals surface area (Å²) in [5.74, 6) is 0. The third kappa shape index (κ3) is 3.08. The maximum absolute atomic E-state index is 5.24. The van der Waals surface area contributed by atoms with Gasteiger partial charge in [-0.25, -0.2) is 4.68 Å². The Kier molecular flexibility index (Phi) is 3.54. The molecule has 1 rings (SSSR count). The Balaban J connectivity index is 2.04. The van der Waals surface area contributed by atoms with Gasteiger partial charge in [0.15, 0.2) is 0 Å². The lowest BCUT2D eigenvalue weighted by Crippen LogP contribution is -2.04. The van der Waals surface area contributed by atoms with Gasteiger partial charge in [-0.3, -0.25) is 0 Å². The third-order valence-electron chi connectivity index (χ3n) is 1.26. The SMILES string of the molecule is CCCCOCn1cnnn1. The molecule has 1 aromatic heterocycles. The Morgan fingerprint density at radius 3 is 3.09 bits per heavy atom. The second kappa shape index (κ2) is 4.79. The Bertz CT molecular complexity index is 175. The van der Waals surface area contributed by atoms with Gasteiger partial charge in [0, 0.05) is 6.61 Å². The minimum absolute atomic E-state index is 0.451. The molecule has 0 aliphatic rings. The summed E-state index contributed by atoms with van der Waals surface area (Å²) < 4.78 is 6.79. The van der Waals surface area contributed by atoms with Crippen LogP contribution < -0.4 is 0 Å². The number of unbranched alkanes of at least 4 members (excludes halogenated alkanes) is 1. The number of ether oxygens (including phenoxy) is 1. The average Bonchev–Trinajstić information content (AvgIpc) is 2.50. The van der Waals surface area contributed by atoms with Gasteiger partial charge in [-0.15, -0.1) is 5.10 Å². The molecule has 0 atom stereocenters. The van der Waals surface area contributed by atoms with E-state index in [2.05, 4.69) is 22.4 Å². The topological polar surface area (TPSA) is 52.8 Å². The zero-order valence-corrected chi connectivity index (χ0v) is 6.60. The molecule has 0 spiro atoms. The van der Waals surface area contributed by atoms with E-state index < -0.39 is 0 Å². The van der Waals surface area contributed by atoms with Gasteiger partial charge in [0.1, 0.15) is 13.1 Å². The van der Waals surface area contributed by atoms with Crippen LogP contribution in [0, 0.1) is 0 Å². The van der Waals surface area contributed by atoms with Crippen molar-refractivity contribution in [1.29, 1.82) is 0 Å². The Labute approximate surface area is 65.4 Å². The molecule has 0 radical (unpaired) electrons. The second-order valence-corrected chi connectivity index (χ2v) is 2.24. The molecule has 0 unspecified atom stereocenters. The fraction of sp³-hybridized carbons (Fsp3) is 0.833. The molecule has 0 aromatic carbocycles. The monoisotopic (exact) mass is 156 g/mol. The van der Waals surface area contributed by atoms with E-state index in [1.165, 1.54) is 6.33 Å². The summed E-state index contributed by atoms with van der Waals surface area (Å²) in [7, 11) is 0. The number of hydrogen-bond donors (Lipinski definition) is 0. The summed E-state index contributed by atoms with van der Waals surface area (Å²) in [6.45, 7) is 3.35. The van der Waals surface area contributed by atoms with E-state index in [4.69, 9.17) is 4.74 Å². The van der Waals surface area contributed by atoms with E-state index in [0.29, 0.717) is 6.73 Å². The molecule has 5 heteroatoms. The van der Waals surface area contributed by atoms with E-state index in [1.807, 2.05) is 0 Å². The fourth-order valence-corrected chi connectivity index (χ4v) is 0.644. The van der Waals surface area contributed by atoms with Crippen molar-refractivity contribution in [3.05, 3.63) is 6.33 Å². The highest BCUT2D eigenvalue weighted by Gasteiger charge is 1.90. The zero-order valence-electron chi connectivity index (χ0n) is 6.60. The molecule has 1 heterocycles. The average molecular weight is 156 g/mol. The van der Waals surface area contributed by atoms with Crippen LogP contribution in [0.25, 0.3) is 0 Å². The molecule has 0 saturated carbocycles. The van der Waals surface area contributed by atoms with Crippen molar-refractivity contribution in [2.45, 2.75) is 26.5 Å². The van der Waals surface area contributed by atoms with Crippen LogP contribution in [-0.2, 0) is 11.5 Å². The molecular weight excluding hydrogens is 144 g/mol. The maximum Gasteiger partial charge on any atom is 0.142 e. The standard InChI is InChI=1S/C6H12N4O/c1-2-3-4-11-6-10-5-7-8-9-10/h5H,2-4,6H2,1H3. The first-order valence-corrected chi connectivity index (χ1v) is 3.72. The van der Waals surface area contributed by atoms with Gasteiger partial charge in [0.2, 0.25) is 0 Å². The van der Waals surface area contributed by atoms with E-state index in [1.54, 1.807) is 4.68 Å². The lowest BCUT2D eigenvalue weighted by atomic mass is 10.4. The van der Waals surface area contributed by atoms with Gasteiger partial charge in [-0.1, -0.05) is 13.3 Å². The second-order valence-electron chi connectivity index (χ2n) is 2.24. The van der Waals surface area contributed by atoms with Crippen LogP contribution >= 0.6 is 0 Å². The quantitative estimate of drug-likeness (QED) is 0.581. The van der Waals surface area contributed by atoms with Gasteiger partial charge < -0.3 is 4.74 Å². The molecule has 62 valence electrons. The molecule has 0 aliphatic heterocycles. The van der Waals surface area contributed by atoms with E-state index >= 15 is 0 Å². The highest BCUT2D eigenvalue weighted by atomic mass is 16.5. The van der Waals surface area contributed by atoms with Crippen molar-refractivity contribution in [1.82, 2.24) is 20.2 Å². The molecule has 0 aliphatic carbocycles. The molecule has 5 nitrogen and oxygen atoms in total. The van der Waals surface area contributed by atoms with Crippen molar-refractivity contribution < 1.29 is 4.74 Å². The smallest absolute Gasteiger partial charge is 0.142 e. The van der Waals surface area contributed by atoms with Crippen LogP contribution in [-0.4, -0.2) is 26.8 Å². The van der Waals surface area contributed by atoms with Gasteiger partial charge in [-0.2, -0.15) is 0 Å². The van der Waals surface area contributed by atoms with Crippen LogP contribution in [0.15, 0.2) is 6.33 Å². The van der Waals surface area contributed by atoms with Gasteiger partial charge >= 0.3 is 0 Å². The molecule has 0 fully saturated rings. The van der Waals surface area contributed by atoms with Crippen molar-refractivity contribution >= 4 is 0 Å². The van der Waals surface area contributed by atoms with Crippen molar-refractivity contribution in [3.8, 4) is 0 Å². The molecule has 11 heavy (non-hydrogen) atoms. The number of hydrogen-bond acceptors (Lipinski definition) is 4. The molecule has 0 N–H and O–H groups in total. The van der Waals surface area contributed by atoms with Crippen molar-refractivity contribution in [3.63, 3.8) is 0 Å². The highest BCUT2D eigenvalue weighted by Crippen LogP contribution is 1.88. The van der Waals surface area contributed by atoms with Crippen LogP contribution in [0.2, 0.25) is 0 Å². The van der Waals surface area contributed by atoms with Gasteiger partial charge in [0.05, 0.1) is 0 Å². The Morgan fingerprint density at radius 1 is 1.55 bits per heavy atom. The van der Waals surface area contributed by atoms with Crippen LogP contribution in [0.4, 0.5) is 0 Å². The van der Waals surface area contributed by atoms with Crippen LogP contribution in [0.3, 0.4) is 0 Å². The number of rotatable bonds is 5. The summed E-state index contributed by atoms with van der Waals surface area (Å²) in [5.41, 5.74) is 0. The molecule has 0 saturated heterocycles. The Morgan fingerprint density at radius 2 is 2.45 bits per heavy atom. The minimum Gasteiger partial charge on any atom is -0.359 e. The first kappa shape index (κ1) is 8.13. The number of nitrogens with zero attached hydrogens (tertiary/aromatic N) is 4. The third-order valence-corrected chi connectivity index (χ3v) is 1.26. The predicted octanol–water partition coefficient (Wildman–Crippen LogP) is 0.447. The van der Waals surface area contributed by atoms with Crippen LogP contribution in [0.1, 0.15) is 19.8 Å². The first-order valence-electron chi connectivity index (χ1n) is 3.72. The van der Waals surface area contributed by atoms with Crippen molar-refractivity contribution in [2.75, 3.05) is 6.61 Å². The maximum atomic E-state index is 5.24. The van der Waals surface area contributed by atoms with Gasteiger partial charge in [-0.05, 0) is 16.8 Å². The van der Waals surface area contributed by atoms with E-state index in [0.717, 1.165) is 19.4 Å². The Hall–Kier alpha value is -0.970. The summed E-state index contributed by atoms with van der Waals surface area (Å²) in [5, 5.41) is 10.6. The lowest BCUT2D eigenvalue weighted by Gasteiger charge is -2.00. The number of aromatic nitrogens is 4. The van der Waals surface area contributed by atoms with E-state index in [9.17, 15) is 0 Å². The highest BCUT2D eigenvalue weighted by molar-refractivity contribution is 4.40. The number of tetrazole rings is 1. The molecule has 0 bridgehead atoms. The van der Waals surface area contributed by atoms with E-state index in [-0.39, 0.29) is 0 Å². The largest absolute Gasteiger partial charge is 0.359 e.